The fraction of sp³-hybridized carbons (Fsp3) is 0.444. The normalized spacial score (nSPS) is 20.4. The van der Waals surface area contributed by atoms with E-state index in [1.165, 1.54) is 4.31 Å². The Morgan fingerprint density at radius 3 is 2.69 bits per heavy atom. The van der Waals surface area contributed by atoms with Crippen LogP contribution in [-0.4, -0.2) is 55.2 Å². The number of aliphatic hydroxyl groups excluding tert-OH is 1. The number of sulfonamides is 1. The molecule has 3 aromatic rings. The molecule has 0 unspecified atom stereocenters. The van der Waals surface area contributed by atoms with Gasteiger partial charge < -0.3 is 19.7 Å². The smallest absolute Gasteiger partial charge is 0.252 e. The van der Waals surface area contributed by atoms with Gasteiger partial charge in [-0.05, 0) is 61.4 Å². The van der Waals surface area contributed by atoms with Gasteiger partial charge in [-0.25, -0.2) is 8.42 Å². The van der Waals surface area contributed by atoms with Gasteiger partial charge in [-0.15, -0.1) is 0 Å². The molecule has 1 saturated carbocycles. The third-order valence-electron chi connectivity index (χ3n) is 7.65. The first-order valence-corrected chi connectivity index (χ1v) is 13.9. The van der Waals surface area contributed by atoms with Gasteiger partial charge in [0, 0.05) is 25.2 Å². The molecule has 8 nitrogen and oxygen atoms in total. The highest BCUT2D eigenvalue weighted by Crippen LogP contribution is 2.36. The second kappa shape index (κ2) is 9.53. The molecule has 2 atom stereocenters. The van der Waals surface area contributed by atoms with Crippen LogP contribution in [0.15, 0.2) is 46.1 Å². The lowest BCUT2D eigenvalue weighted by Gasteiger charge is -2.37. The van der Waals surface area contributed by atoms with Crippen molar-refractivity contribution in [3.8, 4) is 5.75 Å². The second-order valence-electron chi connectivity index (χ2n) is 9.96. The first-order chi connectivity index (χ1) is 17.2. The van der Waals surface area contributed by atoms with Crippen LogP contribution in [0.5, 0.6) is 5.75 Å². The topological polar surface area (TPSA) is 103 Å². The van der Waals surface area contributed by atoms with Gasteiger partial charge in [-0.1, -0.05) is 25.0 Å². The van der Waals surface area contributed by atoms with Gasteiger partial charge >= 0.3 is 0 Å². The van der Waals surface area contributed by atoms with E-state index in [0.717, 1.165) is 47.1 Å². The average Bonchev–Trinajstić information content (AvgIpc) is 2.86. The Labute approximate surface area is 211 Å². The molecule has 2 aromatic carbocycles. The Balaban J connectivity index is 1.59. The summed E-state index contributed by atoms with van der Waals surface area (Å²) in [5, 5.41) is 11.7. The number of ether oxygens (including phenoxy) is 1. The van der Waals surface area contributed by atoms with Gasteiger partial charge in [0.15, 0.2) is 0 Å². The summed E-state index contributed by atoms with van der Waals surface area (Å²) in [4.78, 5) is 18.2. The number of nitrogens with zero attached hydrogens (tertiary/aromatic N) is 2. The van der Waals surface area contributed by atoms with Gasteiger partial charge in [-0.3, -0.25) is 4.79 Å². The van der Waals surface area contributed by atoms with E-state index in [4.69, 9.17) is 4.74 Å². The Morgan fingerprint density at radius 1 is 1.14 bits per heavy atom. The largest absolute Gasteiger partial charge is 0.490 e. The molecule has 5 rings (SSSR count). The Kier molecular flexibility index (Phi) is 6.57. The van der Waals surface area contributed by atoms with E-state index < -0.39 is 22.2 Å². The predicted octanol–water partition coefficient (Wildman–Crippen LogP) is 3.47. The van der Waals surface area contributed by atoms with Crippen molar-refractivity contribution in [3.63, 3.8) is 0 Å². The van der Waals surface area contributed by atoms with Crippen molar-refractivity contribution in [2.24, 2.45) is 0 Å². The van der Waals surface area contributed by atoms with Gasteiger partial charge in [0.25, 0.3) is 5.56 Å². The Morgan fingerprint density at radius 2 is 1.92 bits per heavy atom. The number of aryl methyl sites for hydroxylation is 2. The zero-order valence-corrected chi connectivity index (χ0v) is 21.8. The molecule has 0 radical (unpaired) electrons. The van der Waals surface area contributed by atoms with Crippen LogP contribution in [0.1, 0.15) is 42.4 Å². The number of aliphatic hydroxyl groups is 1. The minimum absolute atomic E-state index is 0.0954. The molecular weight excluding hydrogens is 478 g/mol. The summed E-state index contributed by atoms with van der Waals surface area (Å²) in [6.45, 7) is 5.02. The number of nitrogens with one attached hydrogen (secondary N) is 1. The van der Waals surface area contributed by atoms with Gasteiger partial charge in [0.05, 0.1) is 34.8 Å². The molecule has 192 valence electrons. The van der Waals surface area contributed by atoms with Crippen molar-refractivity contribution in [2.45, 2.75) is 63.1 Å². The molecule has 36 heavy (non-hydrogen) atoms. The number of hydrogen-bond donors (Lipinski definition) is 2. The van der Waals surface area contributed by atoms with Crippen molar-refractivity contribution in [1.82, 2.24) is 9.29 Å². The predicted molar refractivity (Wildman–Crippen MR) is 140 cm³/mol. The molecule has 2 heterocycles. The molecule has 1 aliphatic carbocycles. The molecule has 0 spiro atoms. The Bertz CT molecular complexity index is 1470. The lowest BCUT2D eigenvalue weighted by molar-refractivity contribution is 0.0532. The van der Waals surface area contributed by atoms with Crippen LogP contribution in [0.25, 0.3) is 10.9 Å². The van der Waals surface area contributed by atoms with Crippen LogP contribution in [0.4, 0.5) is 5.69 Å². The minimum Gasteiger partial charge on any atom is -0.490 e. The number of benzene rings is 2. The van der Waals surface area contributed by atoms with Crippen LogP contribution in [0.2, 0.25) is 0 Å². The number of aromatic amines is 1. The monoisotopic (exact) mass is 511 g/mol. The molecule has 0 bridgehead atoms. The number of H-pyrrole nitrogens is 1. The molecule has 2 N–H and O–H groups in total. The zero-order chi connectivity index (χ0) is 25.6. The van der Waals surface area contributed by atoms with Crippen LogP contribution in [0, 0.1) is 13.8 Å². The zero-order valence-electron chi connectivity index (χ0n) is 21.0. The van der Waals surface area contributed by atoms with E-state index in [2.05, 4.69) is 4.98 Å². The number of hydrogen-bond acceptors (Lipinski definition) is 6. The van der Waals surface area contributed by atoms with E-state index >= 15 is 0 Å². The number of aromatic nitrogens is 1. The molecule has 1 aliphatic heterocycles. The van der Waals surface area contributed by atoms with Crippen LogP contribution in [0.3, 0.4) is 0 Å². The third-order valence-corrected chi connectivity index (χ3v) is 9.52. The second-order valence-corrected chi connectivity index (χ2v) is 11.9. The summed E-state index contributed by atoms with van der Waals surface area (Å²) in [6.07, 6.45) is 1.94. The Hall–Kier alpha value is -2.88. The van der Waals surface area contributed by atoms with Crippen LogP contribution in [-0.2, 0) is 16.6 Å². The highest BCUT2D eigenvalue weighted by Gasteiger charge is 2.38. The number of likely N-dealkylation sites (N-methyl/N-ethyl adjacent to an activating group) is 1. The maximum absolute atomic E-state index is 14.1. The van der Waals surface area contributed by atoms with E-state index in [9.17, 15) is 18.3 Å². The standard InChI is InChI=1S/C27H33N3O5S/c1-17-8-9-19-14-20(27(32)28-26(19)18(17)2)16-30(22-6-4-5-7-24(22)31)36(33,34)21-10-11-23-25(15-21)35-13-12-29(23)3/h8-11,14-15,22,24,31H,4-7,12-13,16H2,1-3H3,(H,28,32)/t22-,24+/m0/s1. The SMILES string of the molecule is Cc1ccc2cc(CN([C@H]3CCCC[C@H]3O)S(=O)(=O)c3ccc4c(c3)OCCN4C)c(=O)[nH]c2c1C. The fourth-order valence-corrected chi connectivity index (χ4v) is 6.98. The van der Waals surface area contributed by atoms with Crippen molar-refractivity contribution < 1.29 is 18.3 Å². The van der Waals surface area contributed by atoms with Crippen molar-refractivity contribution in [1.29, 1.82) is 0 Å². The molecule has 0 saturated heterocycles. The molecule has 1 fully saturated rings. The van der Waals surface area contributed by atoms with Crippen molar-refractivity contribution in [3.05, 3.63) is 63.4 Å². The average molecular weight is 512 g/mol. The summed E-state index contributed by atoms with van der Waals surface area (Å²) in [6, 6.07) is 9.97. The maximum Gasteiger partial charge on any atom is 0.252 e. The highest BCUT2D eigenvalue weighted by molar-refractivity contribution is 7.89. The number of anilines is 1. The summed E-state index contributed by atoms with van der Waals surface area (Å²) >= 11 is 0. The van der Waals surface area contributed by atoms with E-state index in [0.29, 0.717) is 30.8 Å². The van der Waals surface area contributed by atoms with Gasteiger partial charge in [0.1, 0.15) is 12.4 Å². The minimum atomic E-state index is -4.05. The van der Waals surface area contributed by atoms with Gasteiger partial charge in [0.2, 0.25) is 10.0 Å². The lowest BCUT2D eigenvalue weighted by Crippen LogP contribution is -2.48. The van der Waals surface area contributed by atoms with Crippen molar-refractivity contribution in [2.75, 3.05) is 25.1 Å². The van der Waals surface area contributed by atoms with E-state index in [1.54, 1.807) is 24.3 Å². The molecule has 2 aliphatic rings. The summed E-state index contributed by atoms with van der Waals surface area (Å²) in [7, 11) is -2.11. The summed E-state index contributed by atoms with van der Waals surface area (Å²) in [5.74, 6) is 0.517. The maximum atomic E-state index is 14.1. The highest BCUT2D eigenvalue weighted by atomic mass is 32.2. The third kappa shape index (κ3) is 4.40. The van der Waals surface area contributed by atoms with E-state index in [-0.39, 0.29) is 17.0 Å². The summed E-state index contributed by atoms with van der Waals surface area (Å²) in [5.41, 5.74) is 3.68. The number of rotatable bonds is 5. The van der Waals surface area contributed by atoms with Crippen LogP contribution < -0.4 is 15.2 Å². The molecular formula is C27H33N3O5S. The van der Waals surface area contributed by atoms with E-state index in [1.807, 2.05) is 37.9 Å². The first kappa shape index (κ1) is 24.8. The number of fused-ring (bicyclic) bond motifs is 2. The molecule has 9 heteroatoms. The summed E-state index contributed by atoms with van der Waals surface area (Å²) < 4.78 is 35.2. The first-order valence-electron chi connectivity index (χ1n) is 12.5. The van der Waals surface area contributed by atoms with Crippen LogP contribution >= 0.6 is 0 Å². The van der Waals surface area contributed by atoms with Crippen molar-refractivity contribution >= 4 is 26.6 Å². The quantitative estimate of drug-likeness (QED) is 0.544. The lowest BCUT2D eigenvalue weighted by atomic mass is 9.92. The fourth-order valence-electron chi connectivity index (χ4n) is 5.30. The van der Waals surface area contributed by atoms with Gasteiger partial charge in [-0.2, -0.15) is 4.31 Å². The molecule has 0 amide bonds. The number of pyridine rings is 1. The molecule has 1 aromatic heterocycles.